The van der Waals surface area contributed by atoms with Gasteiger partial charge in [0.05, 0.1) is 5.02 Å². The molecular formula is C18H10Cl4N2O4. The van der Waals surface area contributed by atoms with Crippen molar-refractivity contribution in [2.24, 2.45) is 0 Å². The highest BCUT2D eigenvalue weighted by Gasteiger charge is 2.28. The van der Waals surface area contributed by atoms with Gasteiger partial charge in [-0.1, -0.05) is 52.5 Å². The van der Waals surface area contributed by atoms with Crippen LogP contribution in [0.2, 0.25) is 20.1 Å². The molecule has 10 heteroatoms. The van der Waals surface area contributed by atoms with Crippen molar-refractivity contribution in [3.63, 3.8) is 0 Å². The number of urea groups is 1. The van der Waals surface area contributed by atoms with Crippen molar-refractivity contribution >= 4 is 70.3 Å². The Bertz CT molecular complexity index is 1010. The van der Waals surface area contributed by atoms with Crippen LogP contribution in [0, 0.1) is 0 Å². The smallest absolute Gasteiger partial charge is 0.328 e. The molecule has 28 heavy (non-hydrogen) atoms. The van der Waals surface area contributed by atoms with Gasteiger partial charge in [-0.2, -0.15) is 0 Å². The molecule has 0 spiro atoms. The number of halogens is 4. The van der Waals surface area contributed by atoms with E-state index in [0.717, 1.165) is 0 Å². The number of carbonyl (C=O) groups excluding carboxylic acids is 3. The molecule has 1 saturated heterocycles. The lowest BCUT2D eigenvalue weighted by atomic mass is 10.1. The second kappa shape index (κ2) is 8.41. The summed E-state index contributed by atoms with van der Waals surface area (Å²) in [6.45, 7) is 0.0460. The van der Waals surface area contributed by atoms with Crippen LogP contribution < -0.4 is 15.4 Å². The largest absolute Gasteiger partial charge is 0.487 e. The van der Waals surface area contributed by atoms with E-state index < -0.39 is 17.8 Å². The number of imide groups is 2. The third-order valence-corrected chi connectivity index (χ3v) is 4.75. The molecule has 3 rings (SSSR count). The fraction of sp³-hybridized carbons (Fsp3) is 0.0556. The van der Waals surface area contributed by atoms with Gasteiger partial charge in [0.2, 0.25) is 0 Å². The van der Waals surface area contributed by atoms with Gasteiger partial charge in [-0.3, -0.25) is 20.2 Å². The van der Waals surface area contributed by atoms with Crippen molar-refractivity contribution in [2.75, 3.05) is 0 Å². The summed E-state index contributed by atoms with van der Waals surface area (Å²) < 4.78 is 5.77. The summed E-state index contributed by atoms with van der Waals surface area (Å²) in [7, 11) is 0. The molecule has 2 aromatic carbocycles. The molecule has 1 aliphatic heterocycles. The second-order valence-corrected chi connectivity index (χ2v) is 7.31. The minimum atomic E-state index is -0.898. The van der Waals surface area contributed by atoms with Crippen molar-refractivity contribution in [3.8, 4) is 5.75 Å². The predicted molar refractivity (Wildman–Crippen MR) is 107 cm³/mol. The quantitative estimate of drug-likeness (QED) is 0.515. The molecule has 6 nitrogen and oxygen atoms in total. The highest BCUT2D eigenvalue weighted by molar-refractivity contribution is 6.36. The van der Waals surface area contributed by atoms with Gasteiger partial charge in [0.1, 0.15) is 17.9 Å². The van der Waals surface area contributed by atoms with Crippen molar-refractivity contribution in [1.29, 1.82) is 0 Å². The van der Waals surface area contributed by atoms with Crippen molar-refractivity contribution in [1.82, 2.24) is 10.6 Å². The minimum absolute atomic E-state index is 0.0460. The molecule has 0 aliphatic carbocycles. The number of hydrogen-bond donors (Lipinski definition) is 2. The van der Waals surface area contributed by atoms with E-state index >= 15 is 0 Å². The average Bonchev–Trinajstić information content (AvgIpc) is 2.58. The predicted octanol–water partition coefficient (Wildman–Crippen LogP) is 4.63. The van der Waals surface area contributed by atoms with Crippen LogP contribution in [0.4, 0.5) is 4.79 Å². The number of amides is 4. The van der Waals surface area contributed by atoms with Gasteiger partial charge in [0.15, 0.2) is 0 Å². The van der Waals surface area contributed by atoms with E-state index in [4.69, 9.17) is 51.1 Å². The molecule has 1 aliphatic rings. The molecule has 1 heterocycles. The zero-order valence-electron chi connectivity index (χ0n) is 13.8. The summed E-state index contributed by atoms with van der Waals surface area (Å²) in [6, 6.07) is 6.95. The molecule has 4 amide bonds. The molecule has 2 N–H and O–H groups in total. The highest BCUT2D eigenvalue weighted by Crippen LogP contribution is 2.35. The first-order valence-corrected chi connectivity index (χ1v) is 9.20. The fourth-order valence-corrected chi connectivity index (χ4v) is 3.42. The van der Waals surface area contributed by atoms with Crippen LogP contribution >= 0.6 is 46.4 Å². The van der Waals surface area contributed by atoms with Gasteiger partial charge in [-0.05, 0) is 30.3 Å². The molecule has 0 saturated carbocycles. The second-order valence-electron chi connectivity index (χ2n) is 5.63. The van der Waals surface area contributed by atoms with Gasteiger partial charge >= 0.3 is 6.03 Å². The van der Waals surface area contributed by atoms with Gasteiger partial charge in [0.25, 0.3) is 11.8 Å². The van der Waals surface area contributed by atoms with Crippen molar-refractivity contribution in [2.45, 2.75) is 6.61 Å². The lowest BCUT2D eigenvalue weighted by Crippen LogP contribution is -2.51. The van der Waals surface area contributed by atoms with Crippen LogP contribution in [0.1, 0.15) is 11.1 Å². The Morgan fingerprint density at radius 2 is 1.50 bits per heavy atom. The van der Waals surface area contributed by atoms with E-state index in [9.17, 15) is 14.4 Å². The van der Waals surface area contributed by atoms with E-state index in [1.807, 2.05) is 10.6 Å². The Hall–Kier alpha value is -2.25. The summed E-state index contributed by atoms with van der Waals surface area (Å²) >= 11 is 24.3. The number of benzene rings is 2. The summed E-state index contributed by atoms with van der Waals surface area (Å²) in [6.07, 6.45) is 1.23. The maximum atomic E-state index is 12.0. The normalized spacial score (nSPS) is 13.9. The highest BCUT2D eigenvalue weighted by atomic mass is 35.5. The molecule has 0 atom stereocenters. The van der Waals surface area contributed by atoms with Crippen LogP contribution in [-0.2, 0) is 16.2 Å². The number of hydrogen-bond acceptors (Lipinski definition) is 4. The number of ether oxygens (including phenoxy) is 1. The van der Waals surface area contributed by atoms with E-state index in [2.05, 4.69) is 0 Å². The van der Waals surface area contributed by atoms with Gasteiger partial charge in [-0.25, -0.2) is 4.79 Å². The first kappa shape index (κ1) is 20.5. The summed E-state index contributed by atoms with van der Waals surface area (Å²) in [5.74, 6) is -1.52. The van der Waals surface area contributed by atoms with Crippen molar-refractivity contribution < 1.29 is 19.1 Å². The van der Waals surface area contributed by atoms with E-state index in [-0.39, 0.29) is 33.5 Å². The molecule has 0 bridgehead atoms. The summed E-state index contributed by atoms with van der Waals surface area (Å²) in [5.41, 5.74) is 0.624. The first-order chi connectivity index (χ1) is 13.2. The molecular weight excluding hydrogens is 450 g/mol. The number of nitrogens with one attached hydrogen (secondary N) is 2. The SMILES string of the molecule is O=C1NC(=O)C(=Cc2cc(Cl)cc(Cl)c2OCc2ccc(Cl)cc2Cl)C(=O)N1. The lowest BCUT2D eigenvalue weighted by molar-refractivity contribution is -0.123. The molecule has 1 fully saturated rings. The Morgan fingerprint density at radius 3 is 2.14 bits per heavy atom. The monoisotopic (exact) mass is 458 g/mol. The number of barbiturate groups is 1. The zero-order valence-corrected chi connectivity index (χ0v) is 16.8. The Balaban J connectivity index is 1.96. The van der Waals surface area contributed by atoms with Gasteiger partial charge in [-0.15, -0.1) is 0 Å². The maximum Gasteiger partial charge on any atom is 0.328 e. The maximum absolute atomic E-state index is 12.0. The van der Waals surface area contributed by atoms with Crippen LogP contribution in [0.5, 0.6) is 5.75 Å². The first-order valence-electron chi connectivity index (χ1n) is 7.68. The van der Waals surface area contributed by atoms with Crippen LogP contribution in [-0.4, -0.2) is 17.8 Å². The van der Waals surface area contributed by atoms with E-state index in [1.54, 1.807) is 18.2 Å². The van der Waals surface area contributed by atoms with Crippen molar-refractivity contribution in [3.05, 3.63) is 67.1 Å². The Kier molecular flexibility index (Phi) is 6.15. The number of rotatable bonds is 4. The topological polar surface area (TPSA) is 84.5 Å². The van der Waals surface area contributed by atoms with Gasteiger partial charge < -0.3 is 4.74 Å². The molecule has 0 aromatic heterocycles. The summed E-state index contributed by atoms with van der Waals surface area (Å²) in [5, 5.41) is 5.28. The summed E-state index contributed by atoms with van der Waals surface area (Å²) in [4.78, 5) is 35.1. The molecule has 0 radical (unpaired) electrons. The zero-order chi connectivity index (χ0) is 20.4. The third-order valence-electron chi connectivity index (χ3n) is 3.67. The third kappa shape index (κ3) is 4.59. The fourth-order valence-electron chi connectivity index (χ4n) is 2.39. The van der Waals surface area contributed by atoms with Crippen LogP contribution in [0.15, 0.2) is 35.9 Å². The molecule has 2 aromatic rings. The van der Waals surface area contributed by atoms with E-state index in [0.29, 0.717) is 15.6 Å². The Morgan fingerprint density at radius 1 is 0.857 bits per heavy atom. The minimum Gasteiger partial charge on any atom is -0.487 e. The molecule has 0 unspecified atom stereocenters. The number of carbonyl (C=O) groups is 3. The average molecular weight is 460 g/mol. The molecule has 144 valence electrons. The standard InChI is InChI=1S/C18H10Cl4N2O4/c19-10-2-1-8(13(21)5-10)7-28-15-9(3-11(20)6-14(15)22)4-12-16(25)23-18(27)24-17(12)26/h1-6H,7H2,(H2,23,24,25,26,27). The lowest BCUT2D eigenvalue weighted by Gasteiger charge is -2.16. The van der Waals surface area contributed by atoms with Crippen LogP contribution in [0.25, 0.3) is 6.08 Å². The Labute approximate surface area is 179 Å². The van der Waals surface area contributed by atoms with Crippen LogP contribution in [0.3, 0.4) is 0 Å². The van der Waals surface area contributed by atoms with E-state index in [1.165, 1.54) is 18.2 Å². The van der Waals surface area contributed by atoms with Gasteiger partial charge in [0, 0.05) is 26.2 Å².